The zero-order chi connectivity index (χ0) is 22.8. The Morgan fingerprint density at radius 2 is 1.79 bits per heavy atom. The smallest absolute Gasteiger partial charge is 0.263 e. The number of fused-ring (bicyclic) bond motifs is 1. The van der Waals surface area contributed by atoms with E-state index in [1.165, 1.54) is 0 Å². The third kappa shape index (κ3) is 4.50. The van der Waals surface area contributed by atoms with Crippen LogP contribution in [0.3, 0.4) is 0 Å². The van der Waals surface area contributed by atoms with Crippen LogP contribution < -0.4 is 10.5 Å². The highest BCUT2D eigenvalue weighted by Crippen LogP contribution is 2.25. The second-order valence-electron chi connectivity index (χ2n) is 8.97. The Morgan fingerprint density at radius 1 is 1.06 bits per heavy atom. The molecule has 2 aliphatic heterocycles. The lowest BCUT2D eigenvalue weighted by molar-refractivity contribution is -0.134. The van der Waals surface area contributed by atoms with Crippen molar-refractivity contribution in [2.75, 3.05) is 50.7 Å². The topological polar surface area (TPSA) is 90.4 Å². The Kier molecular flexibility index (Phi) is 6.13. The van der Waals surface area contributed by atoms with Gasteiger partial charge in [-0.25, -0.2) is 4.68 Å². The second-order valence-corrected chi connectivity index (χ2v) is 8.97. The maximum Gasteiger partial charge on any atom is 0.263 e. The molecule has 0 bridgehead atoms. The van der Waals surface area contributed by atoms with Crippen molar-refractivity contribution in [3.63, 3.8) is 0 Å². The zero-order valence-corrected chi connectivity index (χ0v) is 19.1. The molecule has 1 N–H and O–H groups in total. The number of para-hydroxylation sites is 1. The molecule has 0 spiro atoms. The van der Waals surface area contributed by atoms with Crippen molar-refractivity contribution in [3.8, 4) is 5.69 Å². The van der Waals surface area contributed by atoms with Gasteiger partial charge in [0, 0.05) is 45.7 Å². The van der Waals surface area contributed by atoms with E-state index in [0.29, 0.717) is 29.3 Å². The van der Waals surface area contributed by atoms with Crippen molar-refractivity contribution in [1.82, 2.24) is 29.5 Å². The Balaban J connectivity index is 1.24. The number of amides is 1. The van der Waals surface area contributed by atoms with Gasteiger partial charge in [0.25, 0.3) is 5.56 Å². The molecule has 0 unspecified atom stereocenters. The SMILES string of the molecule is CCN1CCN(C(=O)CC2CCN(c3nc4c(cnn4-c4ccccc4)c(=O)[nH]3)CC2)CC1. The van der Waals surface area contributed by atoms with E-state index >= 15 is 0 Å². The van der Waals surface area contributed by atoms with Crippen molar-refractivity contribution >= 4 is 22.9 Å². The predicted octanol–water partition coefficient (Wildman–Crippen LogP) is 1.88. The van der Waals surface area contributed by atoms with Crippen LogP contribution in [0.1, 0.15) is 26.2 Å². The van der Waals surface area contributed by atoms with E-state index in [-0.39, 0.29) is 11.5 Å². The van der Waals surface area contributed by atoms with E-state index in [1.807, 2.05) is 35.2 Å². The quantitative estimate of drug-likeness (QED) is 0.640. The predicted molar refractivity (Wildman–Crippen MR) is 128 cm³/mol. The van der Waals surface area contributed by atoms with E-state index < -0.39 is 0 Å². The molecule has 33 heavy (non-hydrogen) atoms. The lowest BCUT2D eigenvalue weighted by atomic mass is 9.93. The van der Waals surface area contributed by atoms with Gasteiger partial charge in [0.2, 0.25) is 11.9 Å². The summed E-state index contributed by atoms with van der Waals surface area (Å²) >= 11 is 0. The minimum atomic E-state index is -0.180. The highest BCUT2D eigenvalue weighted by atomic mass is 16.2. The number of nitrogens with one attached hydrogen (secondary N) is 1. The van der Waals surface area contributed by atoms with Gasteiger partial charge in [0.15, 0.2) is 5.65 Å². The molecule has 0 aliphatic carbocycles. The first kappa shape index (κ1) is 21.6. The summed E-state index contributed by atoms with van der Waals surface area (Å²) < 4.78 is 1.71. The van der Waals surface area contributed by atoms with Gasteiger partial charge in [-0.15, -0.1) is 0 Å². The summed E-state index contributed by atoms with van der Waals surface area (Å²) in [6.45, 7) is 8.39. The van der Waals surface area contributed by atoms with Crippen LogP contribution in [0, 0.1) is 5.92 Å². The third-order valence-electron chi connectivity index (χ3n) is 6.98. The largest absolute Gasteiger partial charge is 0.342 e. The average molecular weight is 450 g/mol. The van der Waals surface area contributed by atoms with Gasteiger partial charge in [0.1, 0.15) is 5.39 Å². The number of likely N-dealkylation sites (N-methyl/N-ethyl adjacent to an activating group) is 1. The fourth-order valence-corrected chi connectivity index (χ4v) is 4.85. The number of rotatable bonds is 5. The number of benzene rings is 1. The van der Waals surface area contributed by atoms with Gasteiger partial charge in [0.05, 0.1) is 11.9 Å². The number of H-pyrrole nitrogens is 1. The standard InChI is InChI=1S/C24H31N7O2/c1-2-28-12-14-29(15-13-28)21(32)16-18-8-10-30(11-9-18)24-26-22-20(23(33)27-24)17-25-31(22)19-6-4-3-5-7-19/h3-7,17-18H,2,8-16H2,1H3,(H,26,27,33). The molecule has 4 heterocycles. The summed E-state index contributed by atoms with van der Waals surface area (Å²) in [5.41, 5.74) is 1.25. The summed E-state index contributed by atoms with van der Waals surface area (Å²) in [6, 6.07) is 9.71. The maximum atomic E-state index is 12.8. The molecule has 0 radical (unpaired) electrons. The second kappa shape index (κ2) is 9.35. The molecule has 9 nitrogen and oxygen atoms in total. The number of hydrogen-bond donors (Lipinski definition) is 1. The van der Waals surface area contributed by atoms with E-state index in [2.05, 4.69) is 26.8 Å². The molecule has 2 aromatic heterocycles. The highest BCUT2D eigenvalue weighted by molar-refractivity contribution is 5.77. The number of piperazine rings is 1. The van der Waals surface area contributed by atoms with Crippen LogP contribution in [0.4, 0.5) is 5.95 Å². The van der Waals surface area contributed by atoms with E-state index in [0.717, 1.165) is 64.3 Å². The minimum Gasteiger partial charge on any atom is -0.342 e. The monoisotopic (exact) mass is 449 g/mol. The number of aromatic nitrogens is 4. The Morgan fingerprint density at radius 3 is 2.48 bits per heavy atom. The van der Waals surface area contributed by atoms with Crippen molar-refractivity contribution in [1.29, 1.82) is 0 Å². The summed E-state index contributed by atoms with van der Waals surface area (Å²) in [6.07, 6.45) is 4.01. The van der Waals surface area contributed by atoms with Gasteiger partial charge >= 0.3 is 0 Å². The molecule has 3 aromatic rings. The van der Waals surface area contributed by atoms with Crippen LogP contribution in [0.5, 0.6) is 0 Å². The lowest BCUT2D eigenvalue weighted by Crippen LogP contribution is -2.49. The molecule has 174 valence electrons. The van der Waals surface area contributed by atoms with Crippen LogP contribution in [0.2, 0.25) is 0 Å². The molecule has 0 atom stereocenters. The van der Waals surface area contributed by atoms with Crippen LogP contribution >= 0.6 is 0 Å². The van der Waals surface area contributed by atoms with Crippen molar-refractivity contribution in [2.45, 2.75) is 26.2 Å². The van der Waals surface area contributed by atoms with Crippen LogP contribution in [-0.4, -0.2) is 81.3 Å². The number of aromatic amines is 1. The van der Waals surface area contributed by atoms with Gasteiger partial charge in [-0.3, -0.25) is 14.6 Å². The molecule has 2 fully saturated rings. The molecule has 1 aromatic carbocycles. The van der Waals surface area contributed by atoms with Crippen molar-refractivity contribution in [2.24, 2.45) is 5.92 Å². The summed E-state index contributed by atoms with van der Waals surface area (Å²) in [7, 11) is 0. The van der Waals surface area contributed by atoms with E-state index in [9.17, 15) is 9.59 Å². The fraction of sp³-hybridized carbons (Fsp3) is 0.500. The molecule has 0 saturated carbocycles. The van der Waals surface area contributed by atoms with Gasteiger partial charge in [-0.2, -0.15) is 10.1 Å². The Bertz CT molecular complexity index is 1160. The molecular formula is C24H31N7O2. The summed E-state index contributed by atoms with van der Waals surface area (Å²) in [4.78, 5) is 39.7. The number of piperidine rings is 1. The number of nitrogens with zero attached hydrogens (tertiary/aromatic N) is 6. The van der Waals surface area contributed by atoms with E-state index in [4.69, 9.17) is 4.98 Å². The summed E-state index contributed by atoms with van der Waals surface area (Å²) in [5, 5.41) is 4.86. The number of carbonyl (C=O) groups excluding carboxylic acids is 1. The molecular weight excluding hydrogens is 418 g/mol. The summed E-state index contributed by atoms with van der Waals surface area (Å²) in [5.74, 6) is 1.23. The lowest BCUT2D eigenvalue weighted by Gasteiger charge is -2.36. The molecule has 2 aliphatic rings. The minimum absolute atomic E-state index is 0.180. The van der Waals surface area contributed by atoms with Gasteiger partial charge in [-0.1, -0.05) is 25.1 Å². The molecule has 2 saturated heterocycles. The first-order valence-electron chi connectivity index (χ1n) is 11.9. The van der Waals surface area contributed by atoms with Gasteiger partial charge < -0.3 is 14.7 Å². The first-order valence-corrected chi connectivity index (χ1v) is 11.9. The van der Waals surface area contributed by atoms with Crippen molar-refractivity contribution < 1.29 is 4.79 Å². The molecule has 9 heteroatoms. The van der Waals surface area contributed by atoms with Crippen LogP contribution in [0.25, 0.3) is 16.7 Å². The number of anilines is 1. The van der Waals surface area contributed by atoms with Gasteiger partial charge in [-0.05, 0) is 37.4 Å². The normalized spacial score (nSPS) is 18.2. The van der Waals surface area contributed by atoms with E-state index in [1.54, 1.807) is 10.9 Å². The average Bonchev–Trinajstić information content (AvgIpc) is 3.30. The fourth-order valence-electron chi connectivity index (χ4n) is 4.85. The highest BCUT2D eigenvalue weighted by Gasteiger charge is 2.27. The number of hydrogen-bond acceptors (Lipinski definition) is 6. The third-order valence-corrected chi connectivity index (χ3v) is 6.98. The zero-order valence-electron chi connectivity index (χ0n) is 19.1. The van der Waals surface area contributed by atoms with Crippen LogP contribution in [0.15, 0.2) is 41.3 Å². The maximum absolute atomic E-state index is 12.8. The Hall–Kier alpha value is -3.20. The van der Waals surface area contributed by atoms with Crippen LogP contribution in [-0.2, 0) is 4.79 Å². The van der Waals surface area contributed by atoms with Crippen molar-refractivity contribution in [3.05, 3.63) is 46.9 Å². The first-order chi connectivity index (χ1) is 16.1. The Labute approximate surface area is 193 Å². The molecule has 1 amide bonds. The number of carbonyl (C=O) groups is 1. The molecule has 5 rings (SSSR count).